The van der Waals surface area contributed by atoms with Crippen LogP contribution in [0, 0.1) is 5.82 Å². The van der Waals surface area contributed by atoms with Gasteiger partial charge in [0.05, 0.1) is 36.4 Å². The summed E-state index contributed by atoms with van der Waals surface area (Å²) in [6, 6.07) is 5.79. The quantitative estimate of drug-likeness (QED) is 0.433. The van der Waals surface area contributed by atoms with Crippen LogP contribution in [0.15, 0.2) is 47.3 Å². The maximum Gasteiger partial charge on any atom is 0.416 e. The smallest absolute Gasteiger partial charge is 0.349 e. The third kappa shape index (κ3) is 6.37. The Morgan fingerprint density at radius 3 is 2.24 bits per heavy atom. The minimum Gasteiger partial charge on any atom is -0.349 e. The van der Waals surface area contributed by atoms with Crippen LogP contribution in [0.2, 0.25) is 0 Å². The lowest BCUT2D eigenvalue weighted by Crippen LogP contribution is -2.46. The summed E-state index contributed by atoms with van der Waals surface area (Å²) in [6.45, 7) is 1.82. The van der Waals surface area contributed by atoms with E-state index in [0.29, 0.717) is 24.2 Å². The first-order valence-electron chi connectivity index (χ1n) is 11.0. The van der Waals surface area contributed by atoms with Crippen LogP contribution < -0.4 is 5.69 Å². The Labute approximate surface area is 205 Å². The van der Waals surface area contributed by atoms with Gasteiger partial charge < -0.3 is 9.47 Å². The first kappa shape index (κ1) is 26.8. The van der Waals surface area contributed by atoms with E-state index in [1.807, 2.05) is 0 Å². The molecule has 2 N–H and O–H groups in total. The summed E-state index contributed by atoms with van der Waals surface area (Å²) >= 11 is 0. The zero-order valence-corrected chi connectivity index (χ0v) is 19.2. The van der Waals surface area contributed by atoms with E-state index < -0.39 is 53.4 Å². The molecule has 200 valence electrons. The lowest BCUT2D eigenvalue weighted by Gasteiger charge is -2.41. The minimum atomic E-state index is -5.01. The van der Waals surface area contributed by atoms with Gasteiger partial charge in [-0.2, -0.15) is 31.4 Å². The highest BCUT2D eigenvalue weighted by molar-refractivity contribution is 5.34. The van der Waals surface area contributed by atoms with E-state index in [2.05, 4.69) is 15.2 Å². The molecule has 3 atom stereocenters. The predicted octanol–water partition coefficient (Wildman–Crippen LogP) is 4.95. The van der Waals surface area contributed by atoms with Crippen molar-refractivity contribution in [1.29, 1.82) is 0 Å². The van der Waals surface area contributed by atoms with Crippen molar-refractivity contribution in [1.82, 2.24) is 20.1 Å². The average molecular weight is 540 g/mol. The van der Waals surface area contributed by atoms with Crippen molar-refractivity contribution in [3.8, 4) is 0 Å². The van der Waals surface area contributed by atoms with E-state index in [9.17, 15) is 35.5 Å². The van der Waals surface area contributed by atoms with E-state index in [1.54, 1.807) is 4.90 Å². The Morgan fingerprint density at radius 1 is 1.08 bits per heavy atom. The molecule has 1 aliphatic rings. The number of halogens is 7. The van der Waals surface area contributed by atoms with Gasteiger partial charge in [0.25, 0.3) is 0 Å². The zero-order chi connectivity index (χ0) is 27.0. The predicted molar refractivity (Wildman–Crippen MR) is 114 cm³/mol. The van der Waals surface area contributed by atoms with Crippen molar-refractivity contribution >= 4 is 0 Å². The molecule has 0 radical (unpaired) electrons. The Hall–Kier alpha value is -3.23. The van der Waals surface area contributed by atoms with Gasteiger partial charge in [-0.3, -0.25) is 9.88 Å². The molecule has 2 heterocycles. The third-order valence-electron chi connectivity index (χ3n) is 5.84. The largest absolute Gasteiger partial charge is 0.416 e. The van der Waals surface area contributed by atoms with Crippen molar-refractivity contribution in [3.05, 3.63) is 86.8 Å². The van der Waals surface area contributed by atoms with Gasteiger partial charge in [0.1, 0.15) is 11.6 Å². The molecular weight excluding hydrogens is 519 g/mol. The minimum absolute atomic E-state index is 0.0427. The van der Waals surface area contributed by atoms with Crippen LogP contribution >= 0.6 is 0 Å². The molecule has 3 aromatic rings. The Balaban J connectivity index is 1.66. The van der Waals surface area contributed by atoms with Crippen LogP contribution in [0.25, 0.3) is 0 Å². The number of H-pyrrole nitrogens is 2. The maximum absolute atomic E-state index is 13.6. The molecule has 1 aromatic heterocycles. The Morgan fingerprint density at radius 2 is 1.70 bits per heavy atom. The van der Waals surface area contributed by atoms with Gasteiger partial charge in [0.15, 0.2) is 6.29 Å². The molecule has 14 heteroatoms. The summed E-state index contributed by atoms with van der Waals surface area (Å²) < 4.78 is 105. The Bertz CT molecular complexity index is 1240. The monoisotopic (exact) mass is 540 g/mol. The molecule has 0 spiro atoms. The summed E-state index contributed by atoms with van der Waals surface area (Å²) in [7, 11) is 0. The van der Waals surface area contributed by atoms with Crippen LogP contribution in [0.5, 0.6) is 0 Å². The molecule has 1 aliphatic heterocycles. The number of aromatic amines is 2. The number of hydrogen-bond donors (Lipinski definition) is 2. The van der Waals surface area contributed by atoms with E-state index >= 15 is 0 Å². The van der Waals surface area contributed by atoms with Crippen LogP contribution in [0.4, 0.5) is 30.7 Å². The molecule has 0 aliphatic carbocycles. The fraction of sp³-hybridized carbons (Fsp3) is 0.391. The van der Waals surface area contributed by atoms with Crippen LogP contribution in [-0.2, 0) is 28.4 Å². The van der Waals surface area contributed by atoms with Crippen molar-refractivity contribution in [2.45, 2.75) is 44.3 Å². The van der Waals surface area contributed by atoms with Gasteiger partial charge in [-0.05, 0) is 48.4 Å². The van der Waals surface area contributed by atoms with Crippen molar-refractivity contribution in [3.63, 3.8) is 0 Å². The number of benzene rings is 2. The highest BCUT2D eigenvalue weighted by Crippen LogP contribution is 2.39. The molecular formula is C23H21F7N4O3. The maximum atomic E-state index is 13.6. The van der Waals surface area contributed by atoms with Gasteiger partial charge in [-0.25, -0.2) is 14.3 Å². The van der Waals surface area contributed by atoms with E-state index in [0.717, 1.165) is 0 Å². The zero-order valence-electron chi connectivity index (χ0n) is 19.2. The number of morpholine rings is 1. The number of nitrogens with zero attached hydrogens (tertiary/aromatic N) is 2. The second-order valence-corrected chi connectivity index (χ2v) is 8.45. The van der Waals surface area contributed by atoms with Gasteiger partial charge in [-0.1, -0.05) is 12.1 Å². The van der Waals surface area contributed by atoms with Crippen molar-refractivity contribution < 1.29 is 40.2 Å². The average Bonchev–Trinajstić information content (AvgIpc) is 3.23. The highest BCUT2D eigenvalue weighted by Gasteiger charge is 2.39. The number of hydrogen-bond acceptors (Lipinski definition) is 5. The van der Waals surface area contributed by atoms with Gasteiger partial charge in [0.2, 0.25) is 0 Å². The number of alkyl halides is 6. The molecule has 37 heavy (non-hydrogen) atoms. The molecule has 2 aromatic carbocycles. The molecule has 4 rings (SSSR count). The lowest BCUT2D eigenvalue weighted by molar-refractivity contribution is -0.231. The number of aromatic nitrogens is 3. The van der Waals surface area contributed by atoms with Gasteiger partial charge >= 0.3 is 18.0 Å². The Kier molecular flexibility index (Phi) is 7.44. The summed E-state index contributed by atoms with van der Waals surface area (Å²) in [5.74, 6) is -0.239. The SMILES string of the molecule is C[C@@H](O[C@H]1OCCN(Cc2n[nH]c(=O)[nH]2)[C@H]1[13c]1[13cH][13cH][13c](F)[13cH][13cH]1)c1cc(C(F)(F)F)cc(C(F)(F)F)c1. The first-order valence-corrected chi connectivity index (χ1v) is 11.0. The van der Waals surface area contributed by atoms with Crippen LogP contribution in [-0.4, -0.2) is 39.5 Å². The van der Waals surface area contributed by atoms with Crippen molar-refractivity contribution in [2.24, 2.45) is 0 Å². The van der Waals surface area contributed by atoms with Crippen LogP contribution in [0.3, 0.4) is 0 Å². The fourth-order valence-corrected chi connectivity index (χ4v) is 4.07. The number of nitrogens with one attached hydrogen (secondary N) is 2. The second kappa shape index (κ2) is 10.3. The summed E-state index contributed by atoms with van der Waals surface area (Å²) in [4.78, 5) is 15.7. The number of ether oxygens (including phenoxy) is 2. The summed E-state index contributed by atoms with van der Waals surface area (Å²) in [5.41, 5.74) is -3.30. The van der Waals surface area contributed by atoms with E-state index in [1.165, 1.54) is 31.2 Å². The summed E-state index contributed by atoms with van der Waals surface area (Å²) in [6.07, 6.45) is -12.4. The van der Waals surface area contributed by atoms with Gasteiger partial charge in [0, 0.05) is 6.54 Å². The third-order valence-corrected chi connectivity index (χ3v) is 5.84. The van der Waals surface area contributed by atoms with E-state index in [-0.39, 0.29) is 30.6 Å². The molecule has 0 bridgehead atoms. The molecule has 0 unspecified atom stereocenters. The van der Waals surface area contributed by atoms with Gasteiger partial charge in [-0.15, -0.1) is 0 Å². The second-order valence-electron chi connectivity index (χ2n) is 8.45. The normalized spacial score (nSPS) is 20.2. The lowest BCUT2D eigenvalue weighted by atomic mass is 10.0. The molecule has 0 amide bonds. The summed E-state index contributed by atoms with van der Waals surface area (Å²) in [5, 5.41) is 6.10. The molecule has 1 fully saturated rings. The standard InChI is InChI=1S/C23H21F7N4O3/c1-12(14-8-15(22(25,26)27)10-16(9-14)23(28,29)30)37-20-19(13-2-4-17(24)5-3-13)34(6-7-36-20)11-18-31-21(35)33-32-18/h2-5,8-10,12,19-20H,6-7,11H2,1H3,(H2,31,32,33,35)/t12-,19+,20-/m1/s1/i2+1,3+1,4+1,5+1,13+1,17+1. The topological polar surface area (TPSA) is 83.2 Å². The molecule has 7 nitrogen and oxygen atoms in total. The van der Waals surface area contributed by atoms with Crippen LogP contribution in [0.1, 0.15) is 47.1 Å². The molecule has 0 saturated carbocycles. The first-order chi connectivity index (χ1) is 17.3. The highest BCUT2D eigenvalue weighted by atomic mass is 19.4. The fourth-order valence-electron chi connectivity index (χ4n) is 4.07. The van der Waals surface area contributed by atoms with Crippen molar-refractivity contribution in [2.75, 3.05) is 13.2 Å². The molecule has 1 saturated heterocycles. The number of rotatable bonds is 6. The van der Waals surface area contributed by atoms with E-state index in [4.69, 9.17) is 9.47 Å².